The number of methoxy groups -OCH3 is 1. The summed E-state index contributed by atoms with van der Waals surface area (Å²) >= 11 is 5.98. The molecule has 1 N–H and O–H groups in total. The second-order valence-corrected chi connectivity index (χ2v) is 10.9. The number of likely N-dealkylation sites (N-methyl/N-ethyl adjacent to an activating group) is 1. The third kappa shape index (κ3) is 7.42. The van der Waals surface area contributed by atoms with E-state index in [1.54, 1.807) is 62.6 Å². The molecule has 0 aromatic heterocycles. The van der Waals surface area contributed by atoms with Crippen LogP contribution in [0.2, 0.25) is 5.02 Å². The van der Waals surface area contributed by atoms with Gasteiger partial charge in [-0.1, -0.05) is 23.7 Å². The van der Waals surface area contributed by atoms with E-state index in [9.17, 15) is 18.0 Å². The molecular weight excluding hydrogens is 542 g/mol. The quantitative estimate of drug-likeness (QED) is 0.350. The Hall–Kier alpha value is -3.76. The highest BCUT2D eigenvalue weighted by atomic mass is 35.5. The fraction of sp³-hybridized carbons (Fsp3) is 0.286. The summed E-state index contributed by atoms with van der Waals surface area (Å²) in [4.78, 5) is 27.7. The molecule has 0 aliphatic carbocycles. The van der Waals surface area contributed by atoms with Crippen molar-refractivity contribution in [3.8, 4) is 11.5 Å². The number of hydrogen-bond donors (Lipinski definition) is 1. The molecule has 0 spiro atoms. The predicted molar refractivity (Wildman–Crippen MR) is 151 cm³/mol. The van der Waals surface area contributed by atoms with E-state index in [4.69, 9.17) is 21.1 Å². The molecule has 0 bridgehead atoms. The minimum atomic E-state index is -4.19. The van der Waals surface area contributed by atoms with Crippen LogP contribution in [0.4, 0.5) is 5.69 Å². The van der Waals surface area contributed by atoms with E-state index in [-0.39, 0.29) is 23.0 Å². The lowest BCUT2D eigenvalue weighted by Gasteiger charge is -2.31. The number of carbonyl (C=O) groups is 2. The summed E-state index contributed by atoms with van der Waals surface area (Å²) in [5.74, 6) is 0.260. The summed E-state index contributed by atoms with van der Waals surface area (Å²) in [6.07, 6.45) is 0. The molecule has 9 nitrogen and oxygen atoms in total. The van der Waals surface area contributed by atoms with E-state index >= 15 is 0 Å². The van der Waals surface area contributed by atoms with Gasteiger partial charge in [0.1, 0.15) is 24.1 Å². The number of sulfonamides is 1. The fourth-order valence-corrected chi connectivity index (χ4v) is 5.40. The van der Waals surface area contributed by atoms with Crippen LogP contribution < -0.4 is 19.1 Å². The zero-order valence-electron chi connectivity index (χ0n) is 22.3. The van der Waals surface area contributed by atoms with Gasteiger partial charge in [-0.2, -0.15) is 0 Å². The van der Waals surface area contributed by atoms with Crippen molar-refractivity contribution >= 4 is 39.1 Å². The third-order valence-electron chi connectivity index (χ3n) is 6.04. The topological polar surface area (TPSA) is 105 Å². The number of ether oxygens (including phenoxy) is 2. The van der Waals surface area contributed by atoms with Crippen LogP contribution in [0, 0.1) is 0 Å². The first-order valence-corrected chi connectivity index (χ1v) is 14.1. The van der Waals surface area contributed by atoms with Crippen molar-refractivity contribution in [2.24, 2.45) is 0 Å². The molecule has 2 amide bonds. The van der Waals surface area contributed by atoms with Crippen molar-refractivity contribution in [1.82, 2.24) is 10.2 Å². The number of amides is 2. The lowest BCUT2D eigenvalue weighted by atomic mass is 10.1. The van der Waals surface area contributed by atoms with Crippen LogP contribution >= 0.6 is 11.6 Å². The maximum atomic E-state index is 13.8. The van der Waals surface area contributed by atoms with Gasteiger partial charge in [-0.25, -0.2) is 8.42 Å². The Morgan fingerprint density at radius 3 is 2.08 bits per heavy atom. The van der Waals surface area contributed by atoms with E-state index in [1.165, 1.54) is 36.2 Å². The lowest BCUT2D eigenvalue weighted by molar-refractivity contribution is -0.139. The number of rotatable bonds is 12. The van der Waals surface area contributed by atoms with Crippen molar-refractivity contribution in [2.45, 2.75) is 31.3 Å². The molecule has 3 aromatic rings. The normalized spacial score (nSPS) is 11.8. The zero-order valence-corrected chi connectivity index (χ0v) is 23.8. The molecule has 0 saturated carbocycles. The highest BCUT2D eigenvalue weighted by Crippen LogP contribution is 2.27. The summed E-state index contributed by atoms with van der Waals surface area (Å²) in [7, 11) is -1.16. The Labute approximate surface area is 234 Å². The molecule has 0 unspecified atom stereocenters. The van der Waals surface area contributed by atoms with E-state index < -0.39 is 28.5 Å². The van der Waals surface area contributed by atoms with Gasteiger partial charge >= 0.3 is 0 Å². The van der Waals surface area contributed by atoms with Gasteiger partial charge in [-0.3, -0.25) is 13.9 Å². The number of benzene rings is 3. The fourth-order valence-electron chi connectivity index (χ4n) is 3.86. The molecule has 0 aliphatic rings. The Bertz CT molecular complexity index is 1360. The van der Waals surface area contributed by atoms with Gasteiger partial charge in [-0.15, -0.1) is 0 Å². The Kier molecular flexibility index (Phi) is 10.2. The largest absolute Gasteiger partial charge is 0.497 e. The molecule has 11 heteroatoms. The molecule has 39 heavy (non-hydrogen) atoms. The average molecular weight is 574 g/mol. The maximum absolute atomic E-state index is 13.8. The van der Waals surface area contributed by atoms with E-state index in [1.807, 2.05) is 6.92 Å². The maximum Gasteiger partial charge on any atom is 0.264 e. The zero-order chi connectivity index (χ0) is 28.6. The van der Waals surface area contributed by atoms with Crippen LogP contribution in [-0.2, 0) is 26.2 Å². The molecule has 0 saturated heterocycles. The van der Waals surface area contributed by atoms with Gasteiger partial charge in [-0.05, 0) is 80.1 Å². The first-order chi connectivity index (χ1) is 18.6. The minimum absolute atomic E-state index is 0.0327. The van der Waals surface area contributed by atoms with E-state index in [0.717, 1.165) is 9.87 Å². The Morgan fingerprint density at radius 2 is 1.54 bits per heavy atom. The lowest BCUT2D eigenvalue weighted by Crippen LogP contribution is -2.50. The van der Waals surface area contributed by atoms with E-state index in [2.05, 4.69) is 5.32 Å². The number of carbonyl (C=O) groups excluding carboxylic acids is 2. The van der Waals surface area contributed by atoms with Gasteiger partial charge in [0.15, 0.2) is 0 Å². The molecule has 208 valence electrons. The molecular formula is C28H32ClN3O6S. The summed E-state index contributed by atoms with van der Waals surface area (Å²) in [6, 6.07) is 18.3. The number of halogens is 1. The highest BCUT2D eigenvalue weighted by Gasteiger charge is 2.32. The first-order valence-electron chi connectivity index (χ1n) is 12.3. The third-order valence-corrected chi connectivity index (χ3v) is 8.08. The number of nitrogens with zero attached hydrogens (tertiary/aromatic N) is 2. The molecule has 1 atom stereocenters. The Morgan fingerprint density at radius 1 is 0.949 bits per heavy atom. The molecule has 3 aromatic carbocycles. The van der Waals surface area contributed by atoms with Gasteiger partial charge in [0, 0.05) is 18.6 Å². The average Bonchev–Trinajstić information content (AvgIpc) is 2.94. The molecule has 3 rings (SSSR count). The van der Waals surface area contributed by atoms with Crippen LogP contribution in [0.5, 0.6) is 11.5 Å². The molecule has 0 aliphatic heterocycles. The summed E-state index contributed by atoms with van der Waals surface area (Å²) < 4.78 is 39.3. The molecule has 0 heterocycles. The number of anilines is 1. The van der Waals surface area contributed by atoms with Gasteiger partial charge < -0.3 is 19.7 Å². The van der Waals surface area contributed by atoms with Crippen LogP contribution in [0.1, 0.15) is 19.4 Å². The van der Waals surface area contributed by atoms with Crippen LogP contribution in [0.3, 0.4) is 0 Å². The number of hydrogen-bond acceptors (Lipinski definition) is 6. The van der Waals surface area contributed by atoms with Gasteiger partial charge in [0.05, 0.1) is 24.3 Å². The molecule has 0 fully saturated rings. The van der Waals surface area contributed by atoms with Crippen LogP contribution in [0.25, 0.3) is 0 Å². The standard InChI is InChI=1S/C28H32ClN3O6S/c1-5-38-25-14-10-23(11-15-25)32(39(35,36)26-16-8-22(29)9-17-26)19-27(33)31(20(2)28(34)30-3)18-21-6-12-24(37-4)13-7-21/h6-17,20H,5,18-19H2,1-4H3,(H,30,34)/t20-/m1/s1. The second-order valence-electron chi connectivity index (χ2n) is 8.55. The number of nitrogens with one attached hydrogen (secondary N) is 1. The van der Waals surface area contributed by atoms with Gasteiger partial charge in [0.2, 0.25) is 11.8 Å². The van der Waals surface area contributed by atoms with Gasteiger partial charge in [0.25, 0.3) is 10.0 Å². The van der Waals surface area contributed by atoms with E-state index in [0.29, 0.717) is 23.1 Å². The van der Waals surface area contributed by atoms with Crippen molar-refractivity contribution in [3.05, 3.63) is 83.4 Å². The Balaban J connectivity index is 2.01. The SMILES string of the molecule is CCOc1ccc(N(CC(=O)N(Cc2ccc(OC)cc2)[C@H](C)C(=O)NC)S(=O)(=O)c2ccc(Cl)cc2)cc1. The summed E-state index contributed by atoms with van der Waals surface area (Å²) in [5, 5.41) is 2.94. The first kappa shape index (κ1) is 29.8. The van der Waals surface area contributed by atoms with Crippen molar-refractivity contribution < 1.29 is 27.5 Å². The van der Waals surface area contributed by atoms with Crippen molar-refractivity contribution in [2.75, 3.05) is 31.6 Å². The highest BCUT2D eigenvalue weighted by molar-refractivity contribution is 7.92. The second kappa shape index (κ2) is 13.3. The summed E-state index contributed by atoms with van der Waals surface area (Å²) in [5.41, 5.74) is 1.01. The van der Waals surface area contributed by atoms with Crippen molar-refractivity contribution in [1.29, 1.82) is 0 Å². The van der Waals surface area contributed by atoms with Crippen LogP contribution in [0.15, 0.2) is 77.7 Å². The van der Waals surface area contributed by atoms with Crippen LogP contribution in [-0.4, -0.2) is 58.5 Å². The molecule has 0 radical (unpaired) electrons. The minimum Gasteiger partial charge on any atom is -0.497 e. The monoisotopic (exact) mass is 573 g/mol. The van der Waals surface area contributed by atoms with Crippen molar-refractivity contribution in [3.63, 3.8) is 0 Å². The summed E-state index contributed by atoms with van der Waals surface area (Å²) in [6.45, 7) is 3.42. The predicted octanol–water partition coefficient (Wildman–Crippen LogP) is 4.11. The smallest absolute Gasteiger partial charge is 0.264 e.